The first-order valence-corrected chi connectivity index (χ1v) is 7.46. The highest BCUT2D eigenvalue weighted by Gasteiger charge is 2.21. The standard InChI is InChI=1S/C16H17N3O2.HNO3/c1-9(2)7-18-11-8-19-15-13-10(4-5-17-14(11)13)6-12(21-3)16(15)20;2-1(3)4/h4-6,8-9,20H,7H2,1-3H3;(H,2,3,4). The number of phenolic OH excluding ortho intramolecular Hbond substituents is 1. The third-order valence-corrected chi connectivity index (χ3v) is 3.37. The minimum Gasteiger partial charge on any atom is -0.503 e. The molecule has 1 aromatic carbocycles. The Bertz CT molecular complexity index is 857. The van der Waals surface area contributed by atoms with Gasteiger partial charge in [-0.2, -0.15) is 0 Å². The zero-order chi connectivity index (χ0) is 18.6. The highest BCUT2D eigenvalue weighted by atomic mass is 16.9. The Hall–Kier alpha value is -3.23. The quantitative estimate of drug-likeness (QED) is 0.649. The molecule has 2 N–H and O–H groups in total. The molecule has 1 aliphatic heterocycles. The number of methoxy groups -OCH3 is 1. The summed E-state index contributed by atoms with van der Waals surface area (Å²) in [7, 11) is 1.53. The summed E-state index contributed by atoms with van der Waals surface area (Å²) in [5.41, 5.74) is 2.01. The van der Waals surface area contributed by atoms with E-state index in [4.69, 9.17) is 20.1 Å². The van der Waals surface area contributed by atoms with Gasteiger partial charge >= 0.3 is 0 Å². The summed E-state index contributed by atoms with van der Waals surface area (Å²) in [4.78, 5) is 21.7. The maximum Gasteiger partial charge on any atom is 0.291 e. The zero-order valence-corrected chi connectivity index (χ0v) is 14.0. The summed E-state index contributed by atoms with van der Waals surface area (Å²) < 4.78 is 5.19. The summed E-state index contributed by atoms with van der Waals surface area (Å²) in [5, 5.41) is 25.6. The van der Waals surface area contributed by atoms with Gasteiger partial charge in [0.15, 0.2) is 11.5 Å². The van der Waals surface area contributed by atoms with E-state index in [0.717, 1.165) is 28.7 Å². The Balaban J connectivity index is 0.000000511. The number of ether oxygens (including phenoxy) is 1. The predicted molar refractivity (Wildman–Crippen MR) is 93.1 cm³/mol. The van der Waals surface area contributed by atoms with Gasteiger partial charge in [0.25, 0.3) is 5.09 Å². The molecule has 2 heterocycles. The van der Waals surface area contributed by atoms with Crippen molar-refractivity contribution in [3.8, 4) is 11.5 Å². The van der Waals surface area contributed by atoms with Gasteiger partial charge in [-0.15, -0.1) is 10.1 Å². The third kappa shape index (κ3) is 4.00. The van der Waals surface area contributed by atoms with Crippen LogP contribution >= 0.6 is 0 Å². The first kappa shape index (κ1) is 18.1. The molecule has 2 aromatic rings. The zero-order valence-electron chi connectivity index (χ0n) is 14.0. The second-order valence-corrected chi connectivity index (χ2v) is 5.65. The van der Waals surface area contributed by atoms with Gasteiger partial charge < -0.3 is 15.1 Å². The number of phenols is 1. The second kappa shape index (κ2) is 7.56. The van der Waals surface area contributed by atoms with Crippen LogP contribution in [0.3, 0.4) is 0 Å². The van der Waals surface area contributed by atoms with Gasteiger partial charge in [-0.25, -0.2) is 4.99 Å². The number of aliphatic imine (C=N–C) groups is 2. The summed E-state index contributed by atoms with van der Waals surface area (Å²) in [6, 6.07) is 3.67. The number of aromatic nitrogens is 1. The number of hydrogen-bond acceptors (Lipinski definition) is 7. The second-order valence-electron chi connectivity index (χ2n) is 5.65. The van der Waals surface area contributed by atoms with E-state index in [1.54, 1.807) is 18.5 Å². The van der Waals surface area contributed by atoms with Crippen molar-refractivity contribution in [2.75, 3.05) is 13.7 Å². The van der Waals surface area contributed by atoms with Crippen molar-refractivity contribution in [2.24, 2.45) is 15.9 Å². The van der Waals surface area contributed by atoms with Crippen LogP contribution in [0.4, 0.5) is 5.69 Å². The third-order valence-electron chi connectivity index (χ3n) is 3.37. The van der Waals surface area contributed by atoms with Crippen LogP contribution in [0.5, 0.6) is 11.5 Å². The Morgan fingerprint density at radius 3 is 2.72 bits per heavy atom. The molecule has 0 saturated heterocycles. The molecular formula is C16H18N4O5. The Morgan fingerprint density at radius 2 is 2.12 bits per heavy atom. The van der Waals surface area contributed by atoms with E-state index in [2.05, 4.69) is 28.8 Å². The molecule has 0 amide bonds. The Morgan fingerprint density at radius 1 is 1.44 bits per heavy atom. The van der Waals surface area contributed by atoms with Crippen LogP contribution in [0.15, 0.2) is 28.3 Å². The lowest BCUT2D eigenvalue weighted by Crippen LogP contribution is -2.11. The maximum absolute atomic E-state index is 10.2. The molecule has 25 heavy (non-hydrogen) atoms. The molecule has 9 heteroatoms. The van der Waals surface area contributed by atoms with Crippen molar-refractivity contribution < 1.29 is 20.1 Å². The van der Waals surface area contributed by atoms with Gasteiger partial charge in [0, 0.05) is 18.1 Å². The molecular weight excluding hydrogens is 328 g/mol. The molecule has 9 nitrogen and oxygen atoms in total. The average Bonchev–Trinajstić information content (AvgIpc) is 2.56. The number of aromatic hydroxyl groups is 1. The molecule has 0 aliphatic carbocycles. The van der Waals surface area contributed by atoms with E-state index in [1.807, 2.05) is 6.07 Å². The van der Waals surface area contributed by atoms with E-state index < -0.39 is 5.09 Å². The molecule has 132 valence electrons. The lowest BCUT2D eigenvalue weighted by Gasteiger charge is -2.16. The van der Waals surface area contributed by atoms with Gasteiger partial charge in [0.2, 0.25) is 0 Å². The molecule has 0 unspecified atom stereocenters. The molecule has 1 aliphatic rings. The van der Waals surface area contributed by atoms with E-state index in [-0.39, 0.29) is 5.75 Å². The van der Waals surface area contributed by atoms with Crippen molar-refractivity contribution in [2.45, 2.75) is 13.8 Å². The smallest absolute Gasteiger partial charge is 0.291 e. The molecule has 0 fully saturated rings. The minimum atomic E-state index is -1.50. The van der Waals surface area contributed by atoms with Crippen molar-refractivity contribution in [1.82, 2.24) is 4.98 Å². The fraction of sp³-hybridized carbons (Fsp3) is 0.312. The molecule has 3 rings (SSSR count). The monoisotopic (exact) mass is 346 g/mol. The fourth-order valence-electron chi connectivity index (χ4n) is 2.35. The van der Waals surface area contributed by atoms with Crippen LogP contribution in [0.2, 0.25) is 0 Å². The topological polar surface area (TPSA) is 130 Å². The molecule has 0 saturated carbocycles. The van der Waals surface area contributed by atoms with Gasteiger partial charge in [-0.3, -0.25) is 9.98 Å². The van der Waals surface area contributed by atoms with E-state index in [9.17, 15) is 5.11 Å². The van der Waals surface area contributed by atoms with Crippen molar-refractivity contribution >= 4 is 28.4 Å². The van der Waals surface area contributed by atoms with Gasteiger partial charge in [-0.1, -0.05) is 13.8 Å². The van der Waals surface area contributed by atoms with Gasteiger partial charge in [0.05, 0.1) is 19.0 Å². The molecule has 0 spiro atoms. The summed E-state index contributed by atoms with van der Waals surface area (Å²) >= 11 is 0. The lowest BCUT2D eigenvalue weighted by molar-refractivity contribution is -0.742. The average molecular weight is 346 g/mol. The lowest BCUT2D eigenvalue weighted by atomic mass is 10.0. The normalized spacial score (nSPS) is 13.7. The Labute approximate surface area is 143 Å². The first-order valence-electron chi connectivity index (χ1n) is 7.46. The van der Waals surface area contributed by atoms with Crippen LogP contribution in [-0.2, 0) is 0 Å². The number of hydrogen-bond donors (Lipinski definition) is 2. The van der Waals surface area contributed by atoms with Crippen LogP contribution < -0.4 is 4.74 Å². The molecule has 0 bridgehead atoms. The Kier molecular flexibility index (Phi) is 5.48. The molecule has 0 radical (unpaired) electrons. The number of benzene rings is 1. The first-order chi connectivity index (χ1) is 11.8. The largest absolute Gasteiger partial charge is 0.503 e. The maximum atomic E-state index is 10.2. The minimum absolute atomic E-state index is 0.0402. The van der Waals surface area contributed by atoms with E-state index in [1.165, 1.54) is 7.11 Å². The number of nitrogens with zero attached hydrogens (tertiary/aromatic N) is 4. The summed E-state index contributed by atoms with van der Waals surface area (Å²) in [6.45, 7) is 4.95. The summed E-state index contributed by atoms with van der Waals surface area (Å²) in [5.74, 6) is 0.920. The van der Waals surface area contributed by atoms with E-state index >= 15 is 0 Å². The van der Waals surface area contributed by atoms with Crippen LogP contribution in [0.1, 0.15) is 19.5 Å². The highest BCUT2D eigenvalue weighted by Crippen LogP contribution is 2.44. The molecule has 0 atom stereocenters. The number of rotatable bonds is 3. The van der Waals surface area contributed by atoms with Crippen LogP contribution in [-0.4, -0.2) is 46.0 Å². The number of pyridine rings is 1. The highest BCUT2D eigenvalue weighted by molar-refractivity contribution is 6.43. The predicted octanol–water partition coefficient (Wildman–Crippen LogP) is 2.76. The fourth-order valence-corrected chi connectivity index (χ4v) is 2.35. The van der Waals surface area contributed by atoms with Gasteiger partial charge in [-0.05, 0) is 23.4 Å². The SMILES string of the molecule is COc1cc2ccnc3c2c(c1O)N=CC3=NCC(C)C.O=[N+]([O-])O. The van der Waals surface area contributed by atoms with Crippen molar-refractivity contribution in [3.05, 3.63) is 34.1 Å². The summed E-state index contributed by atoms with van der Waals surface area (Å²) in [6.07, 6.45) is 3.40. The van der Waals surface area contributed by atoms with Gasteiger partial charge in [0.1, 0.15) is 11.4 Å². The molecule has 1 aromatic heterocycles. The van der Waals surface area contributed by atoms with E-state index in [0.29, 0.717) is 17.4 Å². The van der Waals surface area contributed by atoms with Crippen LogP contribution in [0, 0.1) is 16.0 Å². The van der Waals surface area contributed by atoms with Crippen molar-refractivity contribution in [1.29, 1.82) is 0 Å². The van der Waals surface area contributed by atoms with Crippen LogP contribution in [0.25, 0.3) is 10.8 Å². The van der Waals surface area contributed by atoms with Crippen molar-refractivity contribution in [3.63, 3.8) is 0 Å².